The zero-order valence-electron chi connectivity index (χ0n) is 16.2. The lowest BCUT2D eigenvalue weighted by Crippen LogP contribution is -2.14. The van der Waals surface area contributed by atoms with Crippen LogP contribution in [0.3, 0.4) is 0 Å². The second kappa shape index (κ2) is 9.07. The van der Waals surface area contributed by atoms with Gasteiger partial charge in [-0.15, -0.1) is 0 Å². The number of nitrogens with zero attached hydrogens (tertiary/aromatic N) is 1. The van der Waals surface area contributed by atoms with Crippen LogP contribution >= 0.6 is 0 Å². The third-order valence-corrected chi connectivity index (χ3v) is 4.65. The first-order valence-corrected chi connectivity index (χ1v) is 9.57. The molecule has 3 N–H and O–H groups in total. The normalized spacial score (nSPS) is 11.1. The summed E-state index contributed by atoms with van der Waals surface area (Å²) < 4.78 is 6.00. The van der Waals surface area contributed by atoms with Crippen LogP contribution in [0.4, 0.5) is 0 Å². The molecule has 30 heavy (non-hydrogen) atoms. The number of hydrogen-bond donors (Lipinski definition) is 3. The van der Waals surface area contributed by atoms with Crippen LogP contribution in [-0.2, 0) is 17.8 Å². The maximum atomic E-state index is 11.1. The summed E-state index contributed by atoms with van der Waals surface area (Å²) in [5.74, 6) is 1.04. The van der Waals surface area contributed by atoms with Crippen molar-refractivity contribution in [2.24, 2.45) is 0 Å². The topological polar surface area (TPSA) is 87.2 Å². The van der Waals surface area contributed by atoms with Crippen LogP contribution in [0.5, 0.6) is 5.75 Å². The number of ether oxygens (including phenoxy) is 1. The maximum absolute atomic E-state index is 11.1. The van der Waals surface area contributed by atoms with Crippen molar-refractivity contribution >= 4 is 23.0 Å². The first-order chi connectivity index (χ1) is 14.7. The van der Waals surface area contributed by atoms with E-state index in [0.29, 0.717) is 13.0 Å². The van der Waals surface area contributed by atoms with Crippen LogP contribution in [0.15, 0.2) is 78.9 Å². The van der Waals surface area contributed by atoms with E-state index in [9.17, 15) is 4.79 Å². The molecule has 0 saturated heterocycles. The van der Waals surface area contributed by atoms with Gasteiger partial charge in [0.15, 0.2) is 0 Å². The first kappa shape index (κ1) is 19.4. The van der Waals surface area contributed by atoms with Crippen LogP contribution in [0.2, 0.25) is 0 Å². The molecule has 0 fully saturated rings. The van der Waals surface area contributed by atoms with Crippen LogP contribution in [0.1, 0.15) is 22.5 Å². The predicted molar refractivity (Wildman–Crippen MR) is 115 cm³/mol. The number of benzene rings is 3. The lowest BCUT2D eigenvalue weighted by atomic mass is 10.1. The molecule has 0 unspecified atom stereocenters. The molecule has 0 radical (unpaired) electrons. The molecule has 150 valence electrons. The van der Waals surface area contributed by atoms with Crippen molar-refractivity contribution in [2.75, 3.05) is 0 Å². The van der Waals surface area contributed by atoms with Crippen molar-refractivity contribution in [3.8, 4) is 5.75 Å². The van der Waals surface area contributed by atoms with Gasteiger partial charge in [-0.3, -0.25) is 10.0 Å². The molecule has 0 aliphatic heterocycles. The van der Waals surface area contributed by atoms with E-state index in [0.717, 1.165) is 39.3 Å². The molecule has 3 aromatic carbocycles. The summed E-state index contributed by atoms with van der Waals surface area (Å²) in [4.78, 5) is 19.2. The Bertz CT molecular complexity index is 1170. The molecule has 4 aromatic rings. The Kier molecular flexibility index (Phi) is 5.87. The van der Waals surface area contributed by atoms with Gasteiger partial charge in [0.05, 0.1) is 5.52 Å². The molecule has 0 spiro atoms. The van der Waals surface area contributed by atoms with E-state index in [2.05, 4.69) is 4.98 Å². The zero-order chi connectivity index (χ0) is 20.8. The van der Waals surface area contributed by atoms with Crippen molar-refractivity contribution < 1.29 is 14.7 Å². The molecule has 0 atom stereocenters. The fraction of sp³-hybridized carbons (Fsp3) is 0.0833. The molecule has 4 rings (SSSR count). The Labute approximate surface area is 173 Å². The maximum Gasteiger partial charge on any atom is 0.267 e. The van der Waals surface area contributed by atoms with Crippen molar-refractivity contribution in [2.45, 2.75) is 13.0 Å². The largest absolute Gasteiger partial charge is 0.487 e. The summed E-state index contributed by atoms with van der Waals surface area (Å²) in [5, 5.41) is 8.52. The average molecular weight is 399 g/mol. The van der Waals surface area contributed by atoms with Crippen molar-refractivity contribution in [3.05, 3.63) is 101 Å². The van der Waals surface area contributed by atoms with E-state index in [-0.39, 0.29) is 0 Å². The van der Waals surface area contributed by atoms with Gasteiger partial charge in [-0.05, 0) is 34.9 Å². The summed E-state index contributed by atoms with van der Waals surface area (Å²) >= 11 is 0. The number of nitrogens with one attached hydrogen (secondary N) is 2. The number of hydroxylamine groups is 1. The van der Waals surface area contributed by atoms with Gasteiger partial charge in [0.25, 0.3) is 5.91 Å². The number of para-hydroxylation sites is 1. The summed E-state index contributed by atoms with van der Waals surface area (Å²) in [5.41, 5.74) is 6.38. The van der Waals surface area contributed by atoms with E-state index >= 15 is 0 Å². The Morgan fingerprint density at radius 1 is 1.00 bits per heavy atom. The van der Waals surface area contributed by atoms with Gasteiger partial charge < -0.3 is 9.72 Å². The second-order valence-electron chi connectivity index (χ2n) is 6.84. The van der Waals surface area contributed by atoms with Gasteiger partial charge in [-0.25, -0.2) is 10.5 Å². The third-order valence-electron chi connectivity index (χ3n) is 4.65. The van der Waals surface area contributed by atoms with Crippen LogP contribution in [0.25, 0.3) is 17.1 Å². The molecular weight excluding hydrogens is 378 g/mol. The number of imidazole rings is 1. The number of H-pyrrole nitrogens is 1. The number of aromatic nitrogens is 2. The molecule has 1 amide bonds. The van der Waals surface area contributed by atoms with E-state index in [1.54, 1.807) is 11.6 Å². The number of hydrogen-bond acceptors (Lipinski definition) is 4. The number of rotatable bonds is 7. The monoisotopic (exact) mass is 399 g/mol. The number of carbonyl (C=O) groups is 1. The van der Waals surface area contributed by atoms with Gasteiger partial charge in [-0.1, -0.05) is 60.7 Å². The lowest BCUT2D eigenvalue weighted by molar-refractivity contribution is -0.124. The SMILES string of the molecule is O=C(C=Cc1ccc(Cc2nc3c(OCc4ccccc4)cccc3[nH]2)cc1)NO. The average Bonchev–Trinajstić information content (AvgIpc) is 3.20. The minimum absolute atomic E-state index is 0.491. The number of aromatic amines is 1. The Morgan fingerprint density at radius 2 is 1.80 bits per heavy atom. The quantitative estimate of drug-likeness (QED) is 0.246. The van der Waals surface area contributed by atoms with Crippen LogP contribution in [0, 0.1) is 0 Å². The van der Waals surface area contributed by atoms with Crippen LogP contribution < -0.4 is 10.2 Å². The highest BCUT2D eigenvalue weighted by Gasteiger charge is 2.09. The van der Waals surface area contributed by atoms with E-state index in [4.69, 9.17) is 14.9 Å². The van der Waals surface area contributed by atoms with Crippen molar-refractivity contribution in [1.82, 2.24) is 15.4 Å². The summed E-state index contributed by atoms with van der Waals surface area (Å²) in [6.45, 7) is 0.491. The number of carbonyl (C=O) groups excluding carboxylic acids is 1. The van der Waals surface area contributed by atoms with E-state index < -0.39 is 5.91 Å². The predicted octanol–water partition coefficient (Wildman–Crippen LogP) is 4.25. The summed E-state index contributed by atoms with van der Waals surface area (Å²) in [6.07, 6.45) is 3.55. The second-order valence-corrected chi connectivity index (χ2v) is 6.84. The Morgan fingerprint density at radius 3 is 2.57 bits per heavy atom. The minimum Gasteiger partial charge on any atom is -0.487 e. The fourth-order valence-electron chi connectivity index (χ4n) is 3.14. The molecule has 0 aliphatic carbocycles. The van der Waals surface area contributed by atoms with Crippen molar-refractivity contribution in [1.29, 1.82) is 0 Å². The Balaban J connectivity index is 1.47. The highest BCUT2D eigenvalue weighted by Crippen LogP contribution is 2.25. The van der Waals surface area contributed by atoms with Gasteiger partial charge in [0, 0.05) is 12.5 Å². The molecule has 6 heteroatoms. The van der Waals surface area contributed by atoms with Gasteiger partial charge >= 0.3 is 0 Å². The highest BCUT2D eigenvalue weighted by molar-refractivity contribution is 5.90. The molecule has 1 aromatic heterocycles. The molecule has 0 aliphatic rings. The lowest BCUT2D eigenvalue weighted by Gasteiger charge is -2.06. The first-order valence-electron chi connectivity index (χ1n) is 9.57. The molecule has 0 bridgehead atoms. The van der Waals surface area contributed by atoms with Crippen molar-refractivity contribution in [3.63, 3.8) is 0 Å². The molecule has 6 nitrogen and oxygen atoms in total. The van der Waals surface area contributed by atoms with E-state index in [1.165, 1.54) is 6.08 Å². The van der Waals surface area contributed by atoms with Gasteiger partial charge in [-0.2, -0.15) is 0 Å². The molecule has 0 saturated carbocycles. The smallest absolute Gasteiger partial charge is 0.267 e. The summed E-state index contributed by atoms with van der Waals surface area (Å²) in [6, 6.07) is 23.7. The number of amides is 1. The minimum atomic E-state index is -0.563. The molecular formula is C24H21N3O3. The fourth-order valence-corrected chi connectivity index (χ4v) is 3.14. The van der Waals surface area contributed by atoms with Gasteiger partial charge in [0.2, 0.25) is 0 Å². The standard InChI is InChI=1S/C24H21N3O3/c28-23(27-29)14-13-17-9-11-18(12-10-17)15-22-25-20-7-4-8-21(24(20)26-22)30-16-19-5-2-1-3-6-19/h1-14,29H,15-16H2,(H,25,26)(H,27,28). The molecule has 1 heterocycles. The van der Waals surface area contributed by atoms with E-state index in [1.807, 2.05) is 72.8 Å². The zero-order valence-corrected chi connectivity index (χ0v) is 16.2. The van der Waals surface area contributed by atoms with Gasteiger partial charge in [0.1, 0.15) is 23.7 Å². The Hall–Kier alpha value is -3.90. The third kappa shape index (κ3) is 4.74. The number of fused-ring (bicyclic) bond motifs is 1. The van der Waals surface area contributed by atoms with Crippen LogP contribution in [-0.4, -0.2) is 21.1 Å². The highest BCUT2D eigenvalue weighted by atomic mass is 16.5. The summed E-state index contributed by atoms with van der Waals surface area (Å²) in [7, 11) is 0.